The molecule has 3 saturated carbocycles. The fourth-order valence-corrected chi connectivity index (χ4v) is 8.60. The van der Waals surface area contributed by atoms with Crippen molar-refractivity contribution in [3.8, 4) is 0 Å². The van der Waals surface area contributed by atoms with Crippen molar-refractivity contribution in [2.45, 2.75) is 111 Å². The average Bonchev–Trinajstić information content (AvgIpc) is 3.06. The van der Waals surface area contributed by atoms with E-state index < -0.39 is 0 Å². The van der Waals surface area contributed by atoms with Crippen molar-refractivity contribution in [2.24, 2.45) is 40.4 Å². The molecule has 8 atom stereocenters. The van der Waals surface area contributed by atoms with Crippen molar-refractivity contribution in [2.75, 3.05) is 0 Å². The Morgan fingerprint density at radius 2 is 1.90 bits per heavy atom. The number of esters is 1. The summed E-state index contributed by atoms with van der Waals surface area (Å²) in [5, 5.41) is 0. The molecule has 0 bridgehead atoms. The van der Waals surface area contributed by atoms with Crippen LogP contribution >= 0.6 is 0 Å². The van der Waals surface area contributed by atoms with Crippen LogP contribution in [0.2, 0.25) is 0 Å². The van der Waals surface area contributed by atoms with E-state index in [1.165, 1.54) is 63.9 Å². The van der Waals surface area contributed by atoms with E-state index in [9.17, 15) is 9.59 Å². The standard InChI is InChI=1S/C28H44O3/c1-6-7-8-9-18(2)22-10-11-23-26-24(13-15-28(22,23)5)27(4)14-12-21(31-19(3)29)16-20(27)17-25(26)30/h17-18,21-24,26H,6-16H2,1-5H3/t18?,21-,22?,23?,24?,26?,27-,28+/m0/s1. The van der Waals surface area contributed by atoms with Crippen LogP contribution in [0.4, 0.5) is 0 Å². The number of ketones is 1. The van der Waals surface area contributed by atoms with E-state index in [0.717, 1.165) is 31.1 Å². The third-order valence-corrected chi connectivity index (χ3v) is 10.3. The first kappa shape index (κ1) is 23.1. The summed E-state index contributed by atoms with van der Waals surface area (Å²) in [7, 11) is 0. The number of hydrogen-bond acceptors (Lipinski definition) is 3. The predicted molar refractivity (Wildman–Crippen MR) is 124 cm³/mol. The van der Waals surface area contributed by atoms with Gasteiger partial charge in [0.25, 0.3) is 0 Å². The molecule has 0 N–H and O–H groups in total. The maximum atomic E-state index is 13.5. The number of carbonyl (C=O) groups is 2. The molecule has 174 valence electrons. The van der Waals surface area contributed by atoms with Gasteiger partial charge in [0.05, 0.1) is 0 Å². The molecule has 4 aliphatic rings. The normalized spacial score (nSPS) is 42.8. The molecule has 0 amide bonds. The third kappa shape index (κ3) is 3.93. The van der Waals surface area contributed by atoms with Gasteiger partial charge in [0.2, 0.25) is 0 Å². The van der Waals surface area contributed by atoms with Crippen LogP contribution in [0.25, 0.3) is 0 Å². The highest BCUT2D eigenvalue weighted by Gasteiger charge is 2.61. The highest BCUT2D eigenvalue weighted by atomic mass is 16.5. The summed E-state index contributed by atoms with van der Waals surface area (Å²) in [6.45, 7) is 11.2. The van der Waals surface area contributed by atoms with Gasteiger partial charge in [0.1, 0.15) is 6.10 Å². The smallest absolute Gasteiger partial charge is 0.302 e. The molecule has 31 heavy (non-hydrogen) atoms. The molecule has 3 heteroatoms. The molecule has 0 aromatic rings. The number of ether oxygens (including phenoxy) is 1. The Labute approximate surface area is 189 Å². The number of fused-ring (bicyclic) bond motifs is 5. The summed E-state index contributed by atoms with van der Waals surface area (Å²) < 4.78 is 5.53. The van der Waals surface area contributed by atoms with Crippen LogP contribution < -0.4 is 0 Å². The van der Waals surface area contributed by atoms with Gasteiger partial charge in [-0.1, -0.05) is 59.0 Å². The molecule has 0 aromatic carbocycles. The Bertz CT molecular complexity index is 739. The summed E-state index contributed by atoms with van der Waals surface area (Å²) in [5.41, 5.74) is 1.71. The molecule has 0 aromatic heterocycles. The fourth-order valence-electron chi connectivity index (χ4n) is 8.60. The average molecular weight is 429 g/mol. The molecule has 3 nitrogen and oxygen atoms in total. The number of carbonyl (C=O) groups excluding carboxylic acids is 2. The lowest BCUT2D eigenvalue weighted by atomic mass is 9.46. The second-order valence-corrected chi connectivity index (χ2v) is 11.9. The monoisotopic (exact) mass is 428 g/mol. The van der Waals surface area contributed by atoms with Crippen molar-refractivity contribution in [1.29, 1.82) is 0 Å². The predicted octanol–water partition coefficient (Wildman–Crippen LogP) is 6.89. The van der Waals surface area contributed by atoms with Gasteiger partial charge >= 0.3 is 5.97 Å². The van der Waals surface area contributed by atoms with Crippen molar-refractivity contribution in [1.82, 2.24) is 0 Å². The lowest BCUT2D eigenvalue weighted by molar-refractivity contribution is -0.149. The van der Waals surface area contributed by atoms with Crippen LogP contribution in [0.15, 0.2) is 11.6 Å². The highest BCUT2D eigenvalue weighted by molar-refractivity contribution is 5.94. The van der Waals surface area contributed by atoms with E-state index in [0.29, 0.717) is 23.0 Å². The second-order valence-electron chi connectivity index (χ2n) is 11.9. The molecule has 5 unspecified atom stereocenters. The first-order chi connectivity index (χ1) is 14.7. The Balaban J connectivity index is 1.54. The van der Waals surface area contributed by atoms with E-state index in [1.807, 2.05) is 6.08 Å². The Hall–Kier alpha value is -1.12. The van der Waals surface area contributed by atoms with Gasteiger partial charge in [-0.3, -0.25) is 9.59 Å². The third-order valence-electron chi connectivity index (χ3n) is 10.3. The number of rotatable bonds is 6. The Kier molecular flexibility index (Phi) is 6.45. The fraction of sp³-hybridized carbons (Fsp3) is 0.857. The van der Waals surface area contributed by atoms with Crippen LogP contribution in [0, 0.1) is 40.4 Å². The van der Waals surface area contributed by atoms with Gasteiger partial charge in [-0.15, -0.1) is 0 Å². The van der Waals surface area contributed by atoms with E-state index in [4.69, 9.17) is 4.74 Å². The van der Waals surface area contributed by atoms with Gasteiger partial charge < -0.3 is 4.74 Å². The summed E-state index contributed by atoms with van der Waals surface area (Å²) in [4.78, 5) is 25.0. The summed E-state index contributed by atoms with van der Waals surface area (Å²) in [6, 6.07) is 0. The first-order valence-electron chi connectivity index (χ1n) is 13.1. The maximum Gasteiger partial charge on any atom is 0.302 e. The number of allylic oxidation sites excluding steroid dienone is 1. The van der Waals surface area contributed by atoms with Gasteiger partial charge in [-0.25, -0.2) is 0 Å². The molecule has 0 spiro atoms. The van der Waals surface area contributed by atoms with Crippen LogP contribution in [0.1, 0.15) is 105 Å². The van der Waals surface area contributed by atoms with E-state index in [-0.39, 0.29) is 23.4 Å². The first-order valence-corrected chi connectivity index (χ1v) is 13.1. The van der Waals surface area contributed by atoms with E-state index in [2.05, 4.69) is 27.7 Å². The lowest BCUT2D eigenvalue weighted by Gasteiger charge is -2.57. The van der Waals surface area contributed by atoms with Gasteiger partial charge in [-0.2, -0.15) is 0 Å². The van der Waals surface area contributed by atoms with Gasteiger partial charge in [0, 0.05) is 19.3 Å². The number of hydrogen-bond donors (Lipinski definition) is 0. The molecule has 4 aliphatic carbocycles. The largest absolute Gasteiger partial charge is 0.462 e. The summed E-state index contributed by atoms with van der Waals surface area (Å²) in [5.74, 6) is 2.98. The number of unbranched alkanes of at least 4 members (excludes halogenated alkanes) is 2. The quantitative estimate of drug-likeness (QED) is 0.342. The SMILES string of the molecule is CCCCCC(C)C1CCC2C3C(=O)C=C4C[C@@H](OC(C)=O)CC[C@]4(C)C3CC[C@]12C. The van der Waals surface area contributed by atoms with Gasteiger partial charge in [0.15, 0.2) is 5.78 Å². The van der Waals surface area contributed by atoms with Crippen LogP contribution in [0.3, 0.4) is 0 Å². The van der Waals surface area contributed by atoms with Crippen LogP contribution in [-0.2, 0) is 14.3 Å². The van der Waals surface area contributed by atoms with Crippen molar-refractivity contribution in [3.63, 3.8) is 0 Å². The van der Waals surface area contributed by atoms with Crippen molar-refractivity contribution >= 4 is 11.8 Å². The van der Waals surface area contributed by atoms with Crippen LogP contribution in [-0.4, -0.2) is 17.9 Å². The van der Waals surface area contributed by atoms with Crippen LogP contribution in [0.5, 0.6) is 0 Å². The minimum Gasteiger partial charge on any atom is -0.462 e. The topological polar surface area (TPSA) is 43.4 Å². The van der Waals surface area contributed by atoms with E-state index in [1.54, 1.807) is 0 Å². The maximum absolute atomic E-state index is 13.5. The molecule has 0 heterocycles. The molecule has 0 saturated heterocycles. The molecular formula is C28H44O3. The Morgan fingerprint density at radius 1 is 1.13 bits per heavy atom. The molecule has 0 radical (unpaired) electrons. The summed E-state index contributed by atoms with van der Waals surface area (Å²) in [6.07, 6.45) is 15.1. The Morgan fingerprint density at radius 3 is 2.61 bits per heavy atom. The van der Waals surface area contributed by atoms with Crippen molar-refractivity contribution < 1.29 is 14.3 Å². The highest BCUT2D eigenvalue weighted by Crippen LogP contribution is 2.66. The molecule has 0 aliphatic heterocycles. The molecule has 3 fully saturated rings. The minimum absolute atomic E-state index is 0.0464. The minimum atomic E-state index is -0.201. The zero-order chi connectivity index (χ0) is 22.4. The lowest BCUT2D eigenvalue weighted by Crippen LogP contribution is -2.53. The second kappa shape index (κ2) is 8.67. The zero-order valence-corrected chi connectivity index (χ0v) is 20.5. The zero-order valence-electron chi connectivity index (χ0n) is 20.5. The van der Waals surface area contributed by atoms with Crippen molar-refractivity contribution in [3.05, 3.63) is 11.6 Å². The molecule has 4 rings (SSSR count). The molecular weight excluding hydrogens is 384 g/mol. The summed E-state index contributed by atoms with van der Waals surface area (Å²) >= 11 is 0. The van der Waals surface area contributed by atoms with E-state index >= 15 is 0 Å². The van der Waals surface area contributed by atoms with Gasteiger partial charge in [-0.05, 0) is 79.1 Å².